The van der Waals surface area contributed by atoms with Crippen LogP contribution in [0.25, 0.3) is 0 Å². The largest absolute Gasteiger partial charge is 0.496 e. The highest BCUT2D eigenvalue weighted by atomic mass is 16.5. The first-order valence-electron chi connectivity index (χ1n) is 7.84. The van der Waals surface area contributed by atoms with Crippen LogP contribution in [0.15, 0.2) is 48.9 Å². The van der Waals surface area contributed by atoms with Gasteiger partial charge in [0.15, 0.2) is 0 Å². The molecule has 1 atom stereocenters. The topological polar surface area (TPSA) is 60.0 Å². The number of rotatable bonds is 6. The van der Waals surface area contributed by atoms with E-state index in [1.807, 2.05) is 36.5 Å². The molecule has 1 aromatic carbocycles. The van der Waals surface area contributed by atoms with Crippen LogP contribution in [0.2, 0.25) is 0 Å². The first kappa shape index (κ1) is 16.1. The standard InChI is InChI=1S/C19H21N3O2/c1-13-15(7-5-8-18(13)23-2)16(17-11-20-12-21-17)10-14-6-4-9-19(22-14)24-3/h4-9,11-12,16H,10H2,1-3H3,(H,20,21)/t16-/m1/s1. The van der Waals surface area contributed by atoms with Crippen molar-refractivity contribution in [2.75, 3.05) is 14.2 Å². The van der Waals surface area contributed by atoms with Crippen molar-refractivity contribution in [2.45, 2.75) is 19.3 Å². The van der Waals surface area contributed by atoms with Gasteiger partial charge in [0.1, 0.15) is 5.75 Å². The molecule has 2 aromatic heterocycles. The van der Waals surface area contributed by atoms with Gasteiger partial charge in [-0.2, -0.15) is 0 Å². The molecule has 2 heterocycles. The number of imidazole rings is 1. The Morgan fingerprint density at radius 1 is 1.08 bits per heavy atom. The van der Waals surface area contributed by atoms with Crippen LogP contribution in [0.3, 0.4) is 0 Å². The molecule has 0 aliphatic rings. The van der Waals surface area contributed by atoms with E-state index in [1.165, 1.54) is 5.56 Å². The second kappa shape index (κ2) is 7.17. The minimum Gasteiger partial charge on any atom is -0.496 e. The second-order valence-corrected chi connectivity index (χ2v) is 5.61. The monoisotopic (exact) mass is 323 g/mol. The van der Waals surface area contributed by atoms with Gasteiger partial charge in [0.2, 0.25) is 5.88 Å². The fourth-order valence-corrected chi connectivity index (χ4v) is 2.97. The molecule has 0 bridgehead atoms. The van der Waals surface area contributed by atoms with Gasteiger partial charge in [0, 0.05) is 36.0 Å². The summed E-state index contributed by atoms with van der Waals surface area (Å²) in [4.78, 5) is 12.0. The number of H-pyrrole nitrogens is 1. The number of aromatic amines is 1. The molecule has 1 N–H and O–H groups in total. The molecular weight excluding hydrogens is 302 g/mol. The predicted molar refractivity (Wildman–Crippen MR) is 92.7 cm³/mol. The van der Waals surface area contributed by atoms with Crippen molar-refractivity contribution >= 4 is 0 Å². The lowest BCUT2D eigenvalue weighted by Gasteiger charge is -2.19. The van der Waals surface area contributed by atoms with E-state index in [4.69, 9.17) is 9.47 Å². The molecule has 0 aliphatic carbocycles. The normalized spacial score (nSPS) is 12.0. The molecule has 0 unspecified atom stereocenters. The van der Waals surface area contributed by atoms with Crippen molar-refractivity contribution in [1.82, 2.24) is 15.0 Å². The van der Waals surface area contributed by atoms with Crippen LogP contribution in [-0.4, -0.2) is 29.2 Å². The van der Waals surface area contributed by atoms with E-state index >= 15 is 0 Å². The summed E-state index contributed by atoms with van der Waals surface area (Å²) >= 11 is 0. The van der Waals surface area contributed by atoms with Crippen LogP contribution in [-0.2, 0) is 6.42 Å². The fraction of sp³-hybridized carbons (Fsp3) is 0.263. The molecule has 0 saturated heterocycles. The highest BCUT2D eigenvalue weighted by Gasteiger charge is 2.20. The Kier molecular flexibility index (Phi) is 4.79. The highest BCUT2D eigenvalue weighted by molar-refractivity contribution is 5.44. The molecule has 0 aliphatic heterocycles. The molecule has 5 heteroatoms. The zero-order valence-corrected chi connectivity index (χ0v) is 14.1. The number of nitrogens with zero attached hydrogens (tertiary/aromatic N) is 2. The number of methoxy groups -OCH3 is 2. The maximum Gasteiger partial charge on any atom is 0.213 e. The summed E-state index contributed by atoms with van der Waals surface area (Å²) in [6.45, 7) is 2.08. The Morgan fingerprint density at radius 2 is 1.92 bits per heavy atom. The molecule has 3 aromatic rings. The SMILES string of the molecule is COc1cccc(C[C@@H](c2cnc[nH]2)c2cccc(OC)c2C)n1. The predicted octanol–water partition coefficient (Wildman–Crippen LogP) is 3.50. The quantitative estimate of drug-likeness (QED) is 0.754. The van der Waals surface area contributed by atoms with E-state index in [-0.39, 0.29) is 5.92 Å². The number of benzene rings is 1. The van der Waals surface area contributed by atoms with E-state index in [1.54, 1.807) is 20.5 Å². The van der Waals surface area contributed by atoms with Gasteiger partial charge in [-0.15, -0.1) is 0 Å². The van der Waals surface area contributed by atoms with Gasteiger partial charge >= 0.3 is 0 Å². The first-order valence-corrected chi connectivity index (χ1v) is 7.84. The third kappa shape index (κ3) is 3.25. The summed E-state index contributed by atoms with van der Waals surface area (Å²) in [5.41, 5.74) is 4.35. The van der Waals surface area contributed by atoms with Crippen molar-refractivity contribution in [3.63, 3.8) is 0 Å². The summed E-state index contributed by atoms with van der Waals surface area (Å²) in [5, 5.41) is 0. The highest BCUT2D eigenvalue weighted by Crippen LogP contribution is 2.33. The lowest BCUT2D eigenvalue weighted by Crippen LogP contribution is -2.09. The number of hydrogen-bond acceptors (Lipinski definition) is 4. The molecule has 5 nitrogen and oxygen atoms in total. The van der Waals surface area contributed by atoms with Crippen molar-refractivity contribution in [3.8, 4) is 11.6 Å². The van der Waals surface area contributed by atoms with Gasteiger partial charge in [0.05, 0.1) is 20.5 Å². The zero-order chi connectivity index (χ0) is 16.9. The summed E-state index contributed by atoms with van der Waals surface area (Å²) in [6, 6.07) is 12.0. The number of pyridine rings is 1. The van der Waals surface area contributed by atoms with E-state index in [0.717, 1.165) is 29.1 Å². The third-order valence-electron chi connectivity index (χ3n) is 4.22. The average molecular weight is 323 g/mol. The van der Waals surface area contributed by atoms with E-state index in [0.29, 0.717) is 5.88 Å². The average Bonchev–Trinajstić information content (AvgIpc) is 3.15. The molecule has 0 amide bonds. The van der Waals surface area contributed by atoms with Crippen molar-refractivity contribution < 1.29 is 9.47 Å². The van der Waals surface area contributed by atoms with Crippen LogP contribution >= 0.6 is 0 Å². The Morgan fingerprint density at radius 3 is 2.62 bits per heavy atom. The molecular formula is C19H21N3O2. The minimum atomic E-state index is 0.113. The molecule has 124 valence electrons. The fourth-order valence-electron chi connectivity index (χ4n) is 2.97. The summed E-state index contributed by atoms with van der Waals surface area (Å²) in [7, 11) is 3.33. The van der Waals surface area contributed by atoms with Crippen LogP contribution in [0, 0.1) is 6.92 Å². The van der Waals surface area contributed by atoms with Crippen molar-refractivity contribution in [2.24, 2.45) is 0 Å². The first-order chi connectivity index (χ1) is 11.7. The van der Waals surface area contributed by atoms with Crippen molar-refractivity contribution in [3.05, 3.63) is 71.4 Å². The number of aromatic nitrogens is 3. The van der Waals surface area contributed by atoms with Gasteiger partial charge in [-0.1, -0.05) is 18.2 Å². The second-order valence-electron chi connectivity index (χ2n) is 5.61. The minimum absolute atomic E-state index is 0.113. The zero-order valence-electron chi connectivity index (χ0n) is 14.1. The molecule has 3 rings (SSSR count). The van der Waals surface area contributed by atoms with Gasteiger partial charge in [-0.05, 0) is 30.2 Å². The third-order valence-corrected chi connectivity index (χ3v) is 4.22. The molecule has 24 heavy (non-hydrogen) atoms. The van der Waals surface area contributed by atoms with Crippen LogP contribution in [0.5, 0.6) is 11.6 Å². The summed E-state index contributed by atoms with van der Waals surface area (Å²) in [5.74, 6) is 1.62. The maximum atomic E-state index is 5.48. The Balaban J connectivity index is 2.02. The maximum absolute atomic E-state index is 5.48. The van der Waals surface area contributed by atoms with Gasteiger partial charge in [0.25, 0.3) is 0 Å². The smallest absolute Gasteiger partial charge is 0.213 e. The molecule has 0 fully saturated rings. The Bertz CT molecular complexity index is 800. The van der Waals surface area contributed by atoms with Gasteiger partial charge in [-0.25, -0.2) is 9.97 Å². The van der Waals surface area contributed by atoms with E-state index in [2.05, 4.69) is 27.9 Å². The number of hydrogen-bond donors (Lipinski definition) is 1. The van der Waals surface area contributed by atoms with Crippen LogP contribution in [0.4, 0.5) is 0 Å². The molecule has 0 spiro atoms. The Hall–Kier alpha value is -2.82. The van der Waals surface area contributed by atoms with E-state index < -0.39 is 0 Å². The van der Waals surface area contributed by atoms with E-state index in [9.17, 15) is 0 Å². The lowest BCUT2D eigenvalue weighted by atomic mass is 9.88. The summed E-state index contributed by atoms with van der Waals surface area (Å²) in [6.07, 6.45) is 4.31. The van der Waals surface area contributed by atoms with Crippen molar-refractivity contribution in [1.29, 1.82) is 0 Å². The van der Waals surface area contributed by atoms with Crippen LogP contribution in [0.1, 0.15) is 28.4 Å². The number of nitrogens with one attached hydrogen (secondary N) is 1. The molecule has 0 radical (unpaired) electrons. The summed E-state index contributed by atoms with van der Waals surface area (Å²) < 4.78 is 10.7. The van der Waals surface area contributed by atoms with Gasteiger partial charge < -0.3 is 14.5 Å². The number of ether oxygens (including phenoxy) is 2. The Labute approximate surface area is 141 Å². The van der Waals surface area contributed by atoms with Gasteiger partial charge in [-0.3, -0.25) is 0 Å². The molecule has 0 saturated carbocycles. The van der Waals surface area contributed by atoms with Crippen LogP contribution < -0.4 is 9.47 Å². The lowest BCUT2D eigenvalue weighted by molar-refractivity contribution is 0.396.